The Labute approximate surface area is 115 Å². The van der Waals surface area contributed by atoms with Crippen molar-refractivity contribution in [1.82, 2.24) is 0 Å². The second-order valence-electron chi connectivity index (χ2n) is 0.0714. The second-order valence-corrected chi connectivity index (χ2v) is 28.2. The zero-order valence-corrected chi connectivity index (χ0v) is 16.7. The van der Waals surface area contributed by atoms with Gasteiger partial charge in [-0.3, -0.25) is 0 Å². The van der Waals surface area contributed by atoms with Crippen LogP contribution in [0.5, 0.6) is 0 Å². The molecule has 0 aromatic rings. The molecule has 0 heterocycles. The predicted octanol–water partition coefficient (Wildman–Crippen LogP) is 1.01. The molecule has 0 saturated heterocycles. The van der Waals surface area contributed by atoms with E-state index in [1.54, 1.807) is 0 Å². The Morgan fingerprint density at radius 2 is 1.25 bits per heavy atom. The third-order valence-electron chi connectivity index (χ3n) is 0. The van der Waals surface area contributed by atoms with Gasteiger partial charge >= 0.3 is 51.2 Å². The van der Waals surface area contributed by atoms with Gasteiger partial charge in [-0.15, -0.1) is 0 Å². The second kappa shape index (κ2) is 10.4. The van der Waals surface area contributed by atoms with E-state index in [0.29, 0.717) is 0 Å². The van der Waals surface area contributed by atoms with E-state index in [1.807, 2.05) is 0 Å². The molecule has 0 amide bonds. The number of hydrogen-bond acceptors (Lipinski definition) is 0. The van der Waals surface area contributed by atoms with Crippen molar-refractivity contribution in [2.45, 2.75) is 0 Å². The molecule has 0 rings (SSSR count). The third kappa shape index (κ3) is 9.66. The van der Waals surface area contributed by atoms with Gasteiger partial charge in [-0.05, 0) is 0 Å². The molecular weight excluding hydrogens is 594 g/mol. The summed E-state index contributed by atoms with van der Waals surface area (Å²) in [6.45, 7) is 0. The summed E-state index contributed by atoms with van der Waals surface area (Å²) in [6, 6.07) is 0. The fourth-order valence-electron chi connectivity index (χ4n) is 0. The molecule has 0 aromatic carbocycles. The first-order valence-corrected chi connectivity index (χ1v) is 22.2. The van der Waals surface area contributed by atoms with E-state index in [4.69, 9.17) is 0 Å². The SMILES string of the molecule is [Cs].[I][Pb][I]. The average Bonchev–Trinajstić information content (AvgIpc) is 0.918. The normalized spacial score (nSPS) is 4.50. The quantitative estimate of drug-likeness (QED) is 0.291. The van der Waals surface area contributed by atoms with Crippen LogP contribution >= 0.6 is 35.5 Å². The van der Waals surface area contributed by atoms with Gasteiger partial charge in [0.15, 0.2) is 0 Å². The van der Waals surface area contributed by atoms with Gasteiger partial charge in [0, 0.05) is 68.9 Å². The Hall–Kier alpha value is 4.43. The van der Waals surface area contributed by atoms with Crippen LogP contribution in [0.1, 0.15) is 0 Å². The van der Waals surface area contributed by atoms with Gasteiger partial charge in [0.2, 0.25) is 0 Å². The molecule has 0 aromatic heterocycles. The molecule has 0 aliphatic rings. The monoisotopic (exact) mass is 595 g/mol. The van der Waals surface area contributed by atoms with Crippen LogP contribution in [-0.2, 0) is 0 Å². The van der Waals surface area contributed by atoms with Crippen molar-refractivity contribution in [2.24, 2.45) is 0 Å². The Morgan fingerprint density at radius 3 is 1.25 bits per heavy atom. The third-order valence-corrected chi connectivity index (χ3v) is 0. The van der Waals surface area contributed by atoms with E-state index < -0.39 is 0 Å². The first kappa shape index (κ1) is 11.3. The minimum absolute atomic E-state index is 0. The van der Waals surface area contributed by atoms with E-state index in [-0.39, 0.29) is 84.5 Å². The molecule has 0 saturated carbocycles. The molecule has 0 N–H and O–H groups in total. The van der Waals surface area contributed by atoms with Gasteiger partial charge in [0.1, 0.15) is 0 Å². The van der Waals surface area contributed by atoms with Crippen molar-refractivity contribution < 1.29 is 0 Å². The Morgan fingerprint density at radius 1 is 1.25 bits per heavy atom. The number of hydrogen-bond donors (Lipinski definition) is 0. The van der Waals surface area contributed by atoms with E-state index in [1.165, 1.54) is 0 Å². The van der Waals surface area contributed by atoms with Crippen LogP contribution < -0.4 is 0 Å². The van der Waals surface area contributed by atoms with E-state index >= 15 is 0 Å². The van der Waals surface area contributed by atoms with E-state index in [9.17, 15) is 0 Å². The molecule has 0 spiro atoms. The fraction of sp³-hybridized carbons (Fsp3) is 0. The molecule has 0 nitrogen and oxygen atoms in total. The van der Waals surface area contributed by atoms with Crippen LogP contribution in [0.25, 0.3) is 0 Å². The fourth-order valence-corrected chi connectivity index (χ4v) is 0. The van der Waals surface area contributed by atoms with Crippen molar-refractivity contribution in [3.05, 3.63) is 0 Å². The Kier molecular flexibility index (Phi) is 29.3. The first-order valence-electron chi connectivity index (χ1n) is 0.378. The van der Waals surface area contributed by atoms with E-state index in [2.05, 4.69) is 35.5 Å². The van der Waals surface area contributed by atoms with Gasteiger partial charge in [-0.1, -0.05) is 0 Å². The van der Waals surface area contributed by atoms with E-state index in [0.717, 1.165) is 0 Å². The van der Waals surface area contributed by atoms with Crippen LogP contribution in [-0.4, -0.2) is 84.5 Å². The molecule has 4 heavy (non-hydrogen) atoms. The Bertz CT molecular complexity index is 6.00. The average molecular weight is 594 g/mol. The van der Waals surface area contributed by atoms with Crippen molar-refractivity contribution in [2.75, 3.05) is 0 Å². The predicted molar refractivity (Wildman–Crippen MR) is 39.5 cm³/mol. The maximum absolute atomic E-state index is 2.47. The molecule has 0 atom stereocenters. The van der Waals surface area contributed by atoms with Crippen molar-refractivity contribution >= 4 is 120 Å². The zero-order chi connectivity index (χ0) is 2.71. The van der Waals surface area contributed by atoms with Crippen LogP contribution in [0, 0.1) is 0 Å². The standard InChI is InChI=1S/Cs.2HI.Pb/h;2*1H;/q;;;+2/p-2. The summed E-state index contributed by atoms with van der Waals surface area (Å²) in [7, 11) is 0. The van der Waals surface area contributed by atoms with Gasteiger partial charge < -0.3 is 0 Å². The van der Waals surface area contributed by atoms with Crippen molar-refractivity contribution in [3.8, 4) is 0 Å². The van der Waals surface area contributed by atoms with Gasteiger partial charge in [0.05, 0.1) is 0 Å². The van der Waals surface area contributed by atoms with Crippen molar-refractivity contribution in [3.63, 3.8) is 0 Å². The topological polar surface area (TPSA) is 0 Å². The Balaban J connectivity index is 0. The zero-order valence-electron chi connectivity index (χ0n) is 2.26. The molecule has 0 fully saturated rings. The molecule has 3 radical (unpaired) electrons. The summed E-state index contributed by atoms with van der Waals surface area (Å²) in [6.07, 6.45) is 0. The number of rotatable bonds is 0. The van der Waals surface area contributed by atoms with Crippen LogP contribution in [0.2, 0.25) is 0 Å². The van der Waals surface area contributed by atoms with Crippen LogP contribution in [0.4, 0.5) is 0 Å². The van der Waals surface area contributed by atoms with Crippen LogP contribution in [0.3, 0.4) is 0 Å². The van der Waals surface area contributed by atoms with Crippen molar-refractivity contribution in [1.29, 1.82) is 0 Å². The first-order chi connectivity index (χ1) is 1.41. The molecular formula is CsI2Pb. The summed E-state index contributed by atoms with van der Waals surface area (Å²) in [5.41, 5.74) is 0. The van der Waals surface area contributed by atoms with Gasteiger partial charge in [0.25, 0.3) is 0 Å². The summed E-state index contributed by atoms with van der Waals surface area (Å²) in [5.74, 6) is 0. The minimum atomic E-state index is 0. The number of halogens is 2. The molecule has 4 heteroatoms. The summed E-state index contributed by atoms with van der Waals surface area (Å²) in [4.78, 5) is 0. The molecule has 0 unspecified atom stereocenters. The molecule has 0 aliphatic carbocycles. The summed E-state index contributed by atoms with van der Waals surface area (Å²) in [5, 5.41) is 0. The maximum atomic E-state index is 2.47. The molecule has 19 valence electrons. The molecule has 0 aliphatic heterocycles. The van der Waals surface area contributed by atoms with Gasteiger partial charge in [-0.2, -0.15) is 0 Å². The van der Waals surface area contributed by atoms with Crippen LogP contribution in [0.15, 0.2) is 0 Å². The summed E-state index contributed by atoms with van der Waals surface area (Å²) >= 11 is 4.96. The van der Waals surface area contributed by atoms with Gasteiger partial charge in [-0.25, -0.2) is 0 Å². The summed E-state index contributed by atoms with van der Waals surface area (Å²) < 4.78 is 0. The molecule has 0 bridgehead atoms.